The van der Waals surface area contributed by atoms with Crippen molar-refractivity contribution < 1.29 is 9.90 Å². The van der Waals surface area contributed by atoms with E-state index in [0.717, 1.165) is 11.3 Å². The lowest BCUT2D eigenvalue weighted by molar-refractivity contribution is 0.0945. The molecule has 3 N–H and O–H groups in total. The largest absolute Gasteiger partial charge is 0.395 e. The molecule has 0 bridgehead atoms. The second-order valence-corrected chi connectivity index (χ2v) is 5.43. The number of aliphatic hydroxyl groups excluding tert-OH is 1. The maximum Gasteiger partial charge on any atom is 0.251 e. The van der Waals surface area contributed by atoms with Gasteiger partial charge in [-0.05, 0) is 30.3 Å². The number of halogens is 2. The van der Waals surface area contributed by atoms with E-state index in [-0.39, 0.29) is 19.1 Å². The minimum Gasteiger partial charge on any atom is -0.395 e. The minimum absolute atomic E-state index is 0.0886. The van der Waals surface area contributed by atoms with Crippen LogP contribution in [0, 0.1) is 0 Å². The Morgan fingerprint density at radius 3 is 2.45 bits per heavy atom. The van der Waals surface area contributed by atoms with Gasteiger partial charge in [0.2, 0.25) is 0 Å². The van der Waals surface area contributed by atoms with E-state index >= 15 is 0 Å². The molecule has 0 saturated heterocycles. The molecule has 2 aromatic carbocycles. The van der Waals surface area contributed by atoms with Crippen LogP contribution in [0.15, 0.2) is 42.5 Å². The van der Waals surface area contributed by atoms with Crippen molar-refractivity contribution in [2.75, 3.05) is 18.5 Å². The minimum atomic E-state index is -0.228. The highest BCUT2D eigenvalue weighted by Gasteiger charge is 2.07. The van der Waals surface area contributed by atoms with Gasteiger partial charge in [0.15, 0.2) is 0 Å². The Balaban J connectivity index is 2.06. The molecule has 2 rings (SSSR count). The van der Waals surface area contributed by atoms with Gasteiger partial charge in [-0.2, -0.15) is 0 Å². The first-order chi connectivity index (χ1) is 10.6. The van der Waals surface area contributed by atoms with Gasteiger partial charge in [0, 0.05) is 39.9 Å². The molecule has 1 amide bonds. The molecule has 6 heteroatoms. The topological polar surface area (TPSA) is 61.4 Å². The lowest BCUT2D eigenvalue weighted by atomic mass is 10.1. The van der Waals surface area contributed by atoms with E-state index in [1.165, 1.54) is 0 Å². The average Bonchev–Trinajstić information content (AvgIpc) is 2.52. The molecular weight excluding hydrogens is 323 g/mol. The molecule has 0 unspecified atom stereocenters. The maximum atomic E-state index is 11.8. The predicted octanol–water partition coefficient (Wildman–Crippen LogP) is 3.33. The number of hydrogen-bond acceptors (Lipinski definition) is 3. The molecular formula is C16H16Cl2N2O2. The predicted molar refractivity (Wildman–Crippen MR) is 89.6 cm³/mol. The number of carbonyl (C=O) groups is 1. The summed E-state index contributed by atoms with van der Waals surface area (Å²) in [6, 6.07) is 12.4. The molecule has 0 aliphatic rings. The van der Waals surface area contributed by atoms with Crippen LogP contribution in [0.3, 0.4) is 0 Å². The van der Waals surface area contributed by atoms with Gasteiger partial charge >= 0.3 is 0 Å². The summed E-state index contributed by atoms with van der Waals surface area (Å²) in [5.41, 5.74) is 2.11. The third-order valence-corrected chi connectivity index (χ3v) is 3.76. The summed E-state index contributed by atoms with van der Waals surface area (Å²) in [5.74, 6) is -0.228. The molecule has 0 saturated carbocycles. The van der Waals surface area contributed by atoms with Crippen molar-refractivity contribution in [3.63, 3.8) is 0 Å². The van der Waals surface area contributed by atoms with Crippen LogP contribution in [0.5, 0.6) is 0 Å². The highest BCUT2D eigenvalue weighted by molar-refractivity contribution is 6.36. The van der Waals surface area contributed by atoms with E-state index in [1.54, 1.807) is 36.4 Å². The Labute approximate surface area is 139 Å². The molecule has 0 aromatic heterocycles. The lowest BCUT2D eigenvalue weighted by Crippen LogP contribution is -2.26. The molecule has 2 aromatic rings. The molecule has 0 spiro atoms. The zero-order chi connectivity index (χ0) is 15.9. The number of carbonyl (C=O) groups excluding carboxylic acids is 1. The van der Waals surface area contributed by atoms with Crippen molar-refractivity contribution in [1.82, 2.24) is 5.32 Å². The van der Waals surface area contributed by atoms with Crippen LogP contribution in [0.25, 0.3) is 0 Å². The van der Waals surface area contributed by atoms with E-state index in [9.17, 15) is 4.79 Å². The van der Waals surface area contributed by atoms with E-state index in [1.807, 2.05) is 6.07 Å². The van der Waals surface area contributed by atoms with Crippen LogP contribution in [0.4, 0.5) is 5.69 Å². The molecule has 4 nitrogen and oxygen atoms in total. The molecule has 0 aliphatic heterocycles. The van der Waals surface area contributed by atoms with E-state index < -0.39 is 0 Å². The quantitative estimate of drug-likeness (QED) is 0.757. The summed E-state index contributed by atoms with van der Waals surface area (Å²) in [6.07, 6.45) is 0. The fourth-order valence-corrected chi connectivity index (χ4v) is 2.46. The second-order valence-electron chi connectivity index (χ2n) is 4.61. The highest BCUT2D eigenvalue weighted by Crippen LogP contribution is 2.25. The first-order valence-corrected chi connectivity index (χ1v) is 7.53. The van der Waals surface area contributed by atoms with E-state index in [2.05, 4.69) is 10.6 Å². The normalized spacial score (nSPS) is 10.3. The van der Waals surface area contributed by atoms with Crippen LogP contribution >= 0.6 is 23.2 Å². The van der Waals surface area contributed by atoms with Gasteiger partial charge in [-0.1, -0.05) is 35.3 Å². The van der Waals surface area contributed by atoms with Gasteiger partial charge in [0.25, 0.3) is 5.91 Å². The number of benzene rings is 2. The van der Waals surface area contributed by atoms with E-state index in [0.29, 0.717) is 22.2 Å². The number of nitrogens with one attached hydrogen (secondary N) is 2. The van der Waals surface area contributed by atoms with Gasteiger partial charge < -0.3 is 15.7 Å². The van der Waals surface area contributed by atoms with Crippen molar-refractivity contribution in [3.05, 3.63) is 63.6 Å². The fourth-order valence-electron chi connectivity index (χ4n) is 1.93. The smallest absolute Gasteiger partial charge is 0.251 e. The van der Waals surface area contributed by atoms with Crippen molar-refractivity contribution in [1.29, 1.82) is 0 Å². The van der Waals surface area contributed by atoms with Crippen LogP contribution in [0.2, 0.25) is 10.0 Å². The number of anilines is 1. The molecule has 0 heterocycles. The third kappa shape index (κ3) is 4.37. The molecule has 116 valence electrons. The van der Waals surface area contributed by atoms with Crippen LogP contribution in [0.1, 0.15) is 15.9 Å². The van der Waals surface area contributed by atoms with Crippen molar-refractivity contribution in [3.8, 4) is 0 Å². The molecule has 0 fully saturated rings. The Kier molecular flexibility index (Phi) is 6.07. The summed E-state index contributed by atoms with van der Waals surface area (Å²) in [7, 11) is 0. The summed E-state index contributed by atoms with van der Waals surface area (Å²) in [6.45, 7) is 0.598. The van der Waals surface area contributed by atoms with Crippen molar-refractivity contribution >= 4 is 34.8 Å². The van der Waals surface area contributed by atoms with Gasteiger partial charge in [-0.25, -0.2) is 0 Å². The Morgan fingerprint density at radius 1 is 1.09 bits per heavy atom. The zero-order valence-electron chi connectivity index (χ0n) is 11.8. The maximum absolute atomic E-state index is 11.8. The van der Waals surface area contributed by atoms with Crippen LogP contribution < -0.4 is 10.6 Å². The monoisotopic (exact) mass is 338 g/mol. The SMILES string of the molecule is O=C(NCCO)c1cccc(NCc2c(Cl)cccc2Cl)c1. The van der Waals surface area contributed by atoms with Crippen molar-refractivity contribution in [2.45, 2.75) is 6.54 Å². The Bertz CT molecular complexity index is 642. The van der Waals surface area contributed by atoms with Crippen molar-refractivity contribution in [2.24, 2.45) is 0 Å². The molecule has 22 heavy (non-hydrogen) atoms. The Hall–Kier alpha value is -1.75. The van der Waals surface area contributed by atoms with Gasteiger partial charge in [-0.15, -0.1) is 0 Å². The summed E-state index contributed by atoms with van der Waals surface area (Å²) < 4.78 is 0. The first-order valence-electron chi connectivity index (χ1n) is 6.77. The molecule has 0 atom stereocenters. The molecule has 0 aliphatic carbocycles. The van der Waals surface area contributed by atoms with Gasteiger partial charge in [-0.3, -0.25) is 4.79 Å². The highest BCUT2D eigenvalue weighted by atomic mass is 35.5. The van der Waals surface area contributed by atoms with Crippen LogP contribution in [-0.4, -0.2) is 24.2 Å². The first kappa shape index (κ1) is 16.6. The number of amides is 1. The number of rotatable bonds is 6. The number of hydrogen-bond donors (Lipinski definition) is 3. The summed E-state index contributed by atoms with van der Waals surface area (Å²) >= 11 is 12.2. The van der Waals surface area contributed by atoms with Gasteiger partial charge in [0.1, 0.15) is 0 Å². The van der Waals surface area contributed by atoms with E-state index in [4.69, 9.17) is 28.3 Å². The zero-order valence-corrected chi connectivity index (χ0v) is 13.3. The summed E-state index contributed by atoms with van der Waals surface area (Å²) in [5, 5.41) is 15.7. The second kappa shape index (κ2) is 8.03. The lowest BCUT2D eigenvalue weighted by Gasteiger charge is -2.11. The van der Waals surface area contributed by atoms with Gasteiger partial charge in [0.05, 0.1) is 6.61 Å². The van der Waals surface area contributed by atoms with Crippen LogP contribution in [-0.2, 0) is 6.54 Å². The molecule has 0 radical (unpaired) electrons. The standard InChI is InChI=1S/C16H16Cl2N2O2/c17-14-5-2-6-15(18)13(14)10-20-12-4-1-3-11(9-12)16(22)19-7-8-21/h1-6,9,20-21H,7-8,10H2,(H,19,22). The number of aliphatic hydroxyl groups is 1. The Morgan fingerprint density at radius 2 is 1.77 bits per heavy atom. The third-order valence-electron chi connectivity index (χ3n) is 3.05. The fraction of sp³-hybridized carbons (Fsp3) is 0.188. The summed E-state index contributed by atoms with van der Waals surface area (Å²) in [4.78, 5) is 11.8. The average molecular weight is 339 g/mol.